The van der Waals surface area contributed by atoms with Gasteiger partial charge in [-0.25, -0.2) is 22.5 Å². The maximum absolute atomic E-state index is 14.3. The lowest BCUT2D eigenvalue weighted by Gasteiger charge is -2.10. The van der Waals surface area contributed by atoms with E-state index < -0.39 is 27.6 Å². The predicted octanol–water partition coefficient (Wildman–Crippen LogP) is 3.11. The van der Waals surface area contributed by atoms with Crippen molar-refractivity contribution in [3.63, 3.8) is 0 Å². The second kappa shape index (κ2) is 6.79. The van der Waals surface area contributed by atoms with Gasteiger partial charge in [0.15, 0.2) is 5.82 Å². The summed E-state index contributed by atoms with van der Waals surface area (Å²) in [6.45, 7) is 0. The van der Waals surface area contributed by atoms with Crippen molar-refractivity contribution in [2.75, 3.05) is 4.72 Å². The Morgan fingerprint density at radius 1 is 1.10 bits per heavy atom. The summed E-state index contributed by atoms with van der Waals surface area (Å²) in [5.74, 6) is -1.05. The van der Waals surface area contributed by atoms with Crippen LogP contribution < -0.4 is 4.72 Å². The average Bonchev–Trinajstić information content (AvgIpc) is 3.32. The summed E-state index contributed by atoms with van der Waals surface area (Å²) in [7, 11) is -2.79. The highest BCUT2D eigenvalue weighted by Crippen LogP contribution is 2.30. The van der Waals surface area contributed by atoms with Crippen LogP contribution in [-0.2, 0) is 23.2 Å². The number of aryl methyl sites for hydroxylation is 1. The first-order chi connectivity index (χ1) is 14.1. The van der Waals surface area contributed by atoms with Crippen LogP contribution in [0, 0.1) is 5.82 Å². The molecule has 1 aromatic carbocycles. The third kappa shape index (κ3) is 3.47. The summed E-state index contributed by atoms with van der Waals surface area (Å²) in [5, 5.41) is 8.25. The molecule has 156 valence electrons. The molecule has 0 bridgehead atoms. The molecule has 4 rings (SSSR count). The summed E-state index contributed by atoms with van der Waals surface area (Å²) < 4.78 is 82.8. The molecular weight excluding hydrogens is 428 g/mol. The highest BCUT2D eigenvalue weighted by Gasteiger charge is 2.31. The number of hydrogen-bond acceptors (Lipinski definition) is 5. The van der Waals surface area contributed by atoms with E-state index >= 15 is 0 Å². The minimum atomic E-state index is -4.60. The highest BCUT2D eigenvalue weighted by atomic mass is 32.2. The van der Waals surface area contributed by atoms with Crippen LogP contribution in [0.25, 0.3) is 16.7 Å². The van der Waals surface area contributed by atoms with Gasteiger partial charge in [-0.3, -0.25) is 9.40 Å². The quantitative estimate of drug-likeness (QED) is 0.492. The first-order valence-corrected chi connectivity index (χ1v) is 9.76. The van der Waals surface area contributed by atoms with Crippen molar-refractivity contribution in [1.29, 1.82) is 0 Å². The molecule has 0 saturated heterocycles. The second-order valence-electron chi connectivity index (χ2n) is 6.25. The number of fused-ring (bicyclic) bond motifs is 1. The number of alkyl halides is 3. The number of nitrogens with one attached hydrogen (secondary N) is 1. The SMILES string of the molecule is Cn1ncc2ccc(F)c(NS(=O)(=O)c3cnn(-c4cc(C(F)(F)F)ccn4)c3)c21. The van der Waals surface area contributed by atoms with Crippen molar-refractivity contribution in [1.82, 2.24) is 24.5 Å². The third-order valence-corrected chi connectivity index (χ3v) is 5.57. The second-order valence-corrected chi connectivity index (χ2v) is 7.94. The van der Waals surface area contributed by atoms with Crippen LogP contribution in [0.3, 0.4) is 0 Å². The molecule has 3 aromatic heterocycles. The fraction of sp³-hybridized carbons (Fsp3) is 0.118. The van der Waals surface area contributed by atoms with E-state index in [1.54, 1.807) is 0 Å². The van der Waals surface area contributed by atoms with Crippen molar-refractivity contribution < 1.29 is 26.0 Å². The van der Waals surface area contributed by atoms with Crippen LogP contribution in [0.15, 0.2) is 53.9 Å². The fourth-order valence-corrected chi connectivity index (χ4v) is 3.83. The van der Waals surface area contributed by atoms with E-state index in [2.05, 4.69) is 19.9 Å². The number of nitrogens with zero attached hydrogens (tertiary/aromatic N) is 5. The van der Waals surface area contributed by atoms with Gasteiger partial charge in [0, 0.05) is 18.6 Å². The van der Waals surface area contributed by atoms with Crippen LogP contribution >= 0.6 is 0 Å². The van der Waals surface area contributed by atoms with Gasteiger partial charge in [0.2, 0.25) is 0 Å². The van der Waals surface area contributed by atoms with Gasteiger partial charge in [-0.05, 0) is 24.3 Å². The summed E-state index contributed by atoms with van der Waals surface area (Å²) in [6, 6.07) is 4.06. The number of sulfonamides is 1. The molecule has 0 saturated carbocycles. The number of halogens is 4. The normalized spacial score (nSPS) is 12.4. The summed E-state index contributed by atoms with van der Waals surface area (Å²) in [6.07, 6.45) is -0.313. The molecule has 0 unspecified atom stereocenters. The van der Waals surface area contributed by atoms with Crippen molar-refractivity contribution in [2.24, 2.45) is 7.05 Å². The van der Waals surface area contributed by atoms with E-state index in [1.807, 2.05) is 0 Å². The monoisotopic (exact) mass is 440 g/mol. The molecule has 0 aliphatic heterocycles. The van der Waals surface area contributed by atoms with Crippen molar-refractivity contribution in [3.05, 3.63) is 60.4 Å². The molecule has 13 heteroatoms. The van der Waals surface area contributed by atoms with Crippen LogP contribution in [-0.4, -0.2) is 33.0 Å². The molecule has 0 aliphatic rings. The summed E-state index contributed by atoms with van der Waals surface area (Å²) >= 11 is 0. The zero-order valence-electron chi connectivity index (χ0n) is 15.1. The molecule has 30 heavy (non-hydrogen) atoms. The standard InChI is InChI=1S/C17H12F4N6O2S/c1-26-16-10(7-23-26)2-3-13(18)15(16)25-30(28,29)12-8-24-27(9-12)14-6-11(4-5-22-14)17(19,20)21/h2-9,25H,1H3. The average molecular weight is 440 g/mol. The lowest BCUT2D eigenvalue weighted by Crippen LogP contribution is -2.14. The number of aromatic nitrogens is 5. The molecule has 3 heterocycles. The minimum absolute atomic E-state index is 0.227. The molecule has 0 fully saturated rings. The van der Waals surface area contributed by atoms with Crippen LogP contribution in [0.1, 0.15) is 5.56 Å². The van der Waals surface area contributed by atoms with Gasteiger partial charge in [0.1, 0.15) is 16.4 Å². The van der Waals surface area contributed by atoms with Crippen LogP contribution in [0.5, 0.6) is 0 Å². The first kappa shape index (κ1) is 19.8. The maximum Gasteiger partial charge on any atom is 0.416 e. The Labute approximate surface area is 166 Å². The number of pyridine rings is 1. The van der Waals surface area contributed by atoms with E-state index in [0.717, 1.165) is 41.5 Å². The van der Waals surface area contributed by atoms with E-state index in [9.17, 15) is 26.0 Å². The Kier molecular flexibility index (Phi) is 4.49. The van der Waals surface area contributed by atoms with Gasteiger partial charge in [0.25, 0.3) is 10.0 Å². The molecular formula is C17H12F4N6O2S. The fourth-order valence-electron chi connectivity index (χ4n) is 2.82. The number of hydrogen-bond donors (Lipinski definition) is 1. The lowest BCUT2D eigenvalue weighted by molar-refractivity contribution is -0.137. The van der Waals surface area contributed by atoms with Gasteiger partial charge in [-0.15, -0.1) is 0 Å². The zero-order chi connectivity index (χ0) is 21.7. The molecule has 0 amide bonds. The van der Waals surface area contributed by atoms with Crippen molar-refractivity contribution in [2.45, 2.75) is 11.1 Å². The largest absolute Gasteiger partial charge is 0.416 e. The Morgan fingerprint density at radius 3 is 2.60 bits per heavy atom. The Morgan fingerprint density at radius 2 is 1.87 bits per heavy atom. The maximum atomic E-state index is 14.3. The third-order valence-electron chi connectivity index (χ3n) is 4.27. The van der Waals surface area contributed by atoms with Gasteiger partial charge >= 0.3 is 6.18 Å². The Hall–Kier alpha value is -3.48. The van der Waals surface area contributed by atoms with E-state index in [-0.39, 0.29) is 21.9 Å². The van der Waals surface area contributed by atoms with Gasteiger partial charge in [-0.2, -0.15) is 23.4 Å². The van der Waals surface area contributed by atoms with Crippen LogP contribution in [0.2, 0.25) is 0 Å². The molecule has 0 spiro atoms. The van der Waals surface area contributed by atoms with Crippen molar-refractivity contribution in [3.8, 4) is 5.82 Å². The number of rotatable bonds is 4. The first-order valence-electron chi connectivity index (χ1n) is 8.27. The van der Waals surface area contributed by atoms with E-state index in [4.69, 9.17) is 0 Å². The molecule has 4 aromatic rings. The topological polar surface area (TPSA) is 94.7 Å². The predicted molar refractivity (Wildman–Crippen MR) is 97.8 cm³/mol. The molecule has 8 nitrogen and oxygen atoms in total. The summed E-state index contributed by atoms with van der Waals surface area (Å²) in [4.78, 5) is 3.39. The molecule has 0 atom stereocenters. The minimum Gasteiger partial charge on any atom is -0.274 e. The lowest BCUT2D eigenvalue weighted by atomic mass is 10.2. The van der Waals surface area contributed by atoms with Gasteiger partial charge < -0.3 is 0 Å². The van der Waals surface area contributed by atoms with E-state index in [1.165, 1.54) is 24.0 Å². The Bertz CT molecular complexity index is 1360. The van der Waals surface area contributed by atoms with Crippen LogP contribution in [0.4, 0.5) is 23.2 Å². The smallest absolute Gasteiger partial charge is 0.274 e. The molecule has 1 N–H and O–H groups in total. The van der Waals surface area contributed by atoms with Gasteiger partial charge in [-0.1, -0.05) is 0 Å². The molecule has 0 radical (unpaired) electrons. The number of anilines is 1. The molecule has 0 aliphatic carbocycles. The Balaban J connectivity index is 1.71. The number of benzene rings is 1. The van der Waals surface area contributed by atoms with E-state index in [0.29, 0.717) is 5.39 Å². The highest BCUT2D eigenvalue weighted by molar-refractivity contribution is 7.92. The zero-order valence-corrected chi connectivity index (χ0v) is 15.9. The summed E-state index contributed by atoms with van der Waals surface area (Å²) in [5.41, 5.74) is -1.04. The van der Waals surface area contributed by atoms with Gasteiger partial charge in [0.05, 0.1) is 29.7 Å². The van der Waals surface area contributed by atoms with Crippen molar-refractivity contribution >= 4 is 26.6 Å².